The van der Waals surface area contributed by atoms with Gasteiger partial charge in [-0.2, -0.15) is 0 Å². The van der Waals surface area contributed by atoms with Crippen molar-refractivity contribution in [2.75, 3.05) is 7.11 Å². The van der Waals surface area contributed by atoms with Crippen molar-refractivity contribution in [1.82, 2.24) is 29.3 Å². The maximum atomic E-state index is 13.1. The number of fused-ring (bicyclic) bond motifs is 1. The molecule has 2 unspecified atom stereocenters. The fourth-order valence-electron chi connectivity index (χ4n) is 4.22. The summed E-state index contributed by atoms with van der Waals surface area (Å²) in [6.07, 6.45) is 4.75. The summed E-state index contributed by atoms with van der Waals surface area (Å²) < 4.78 is 52.6. The van der Waals surface area contributed by atoms with Gasteiger partial charge in [0.1, 0.15) is 23.0 Å². The molecule has 1 aliphatic rings. The summed E-state index contributed by atoms with van der Waals surface area (Å²) in [5, 5.41) is 4.60. The van der Waals surface area contributed by atoms with Gasteiger partial charge in [0.15, 0.2) is 5.82 Å². The molecule has 35 heavy (non-hydrogen) atoms. The number of aromatic nitrogens is 6. The Bertz CT molecular complexity index is 1240. The van der Waals surface area contributed by atoms with Crippen LogP contribution in [0.25, 0.3) is 17.2 Å². The monoisotopic (exact) mass is 488 g/mol. The van der Waals surface area contributed by atoms with E-state index < -0.39 is 12.3 Å². The van der Waals surface area contributed by atoms with Crippen molar-refractivity contribution < 1.29 is 22.6 Å². The highest BCUT2D eigenvalue weighted by Crippen LogP contribution is 2.39. The minimum atomic E-state index is -4.77. The second-order valence-electron chi connectivity index (χ2n) is 8.34. The molecule has 3 aromatic rings. The number of hydrogen-bond donors (Lipinski definition) is 0. The molecular formula is C24H27F3N6O2. The van der Waals surface area contributed by atoms with Gasteiger partial charge < -0.3 is 14.0 Å². The smallest absolute Gasteiger partial charge is 0.479 e. The van der Waals surface area contributed by atoms with Gasteiger partial charge in [-0.05, 0) is 44.9 Å². The Morgan fingerprint density at radius 3 is 2.71 bits per heavy atom. The Morgan fingerprint density at radius 1 is 1.26 bits per heavy atom. The number of alkyl halides is 3. The molecule has 4 rings (SSSR count). The number of allylic oxidation sites excluding steroid dienone is 4. The van der Waals surface area contributed by atoms with Crippen LogP contribution >= 0.6 is 0 Å². The number of halogens is 3. The lowest BCUT2D eigenvalue weighted by atomic mass is 9.85. The molecule has 0 aliphatic carbocycles. The Morgan fingerprint density at radius 2 is 2.06 bits per heavy atom. The number of imidazole rings is 1. The zero-order valence-corrected chi connectivity index (χ0v) is 20.0. The number of methoxy groups -OCH3 is 1. The fourth-order valence-corrected chi connectivity index (χ4v) is 4.22. The first-order chi connectivity index (χ1) is 16.7. The predicted molar refractivity (Wildman–Crippen MR) is 123 cm³/mol. The van der Waals surface area contributed by atoms with Crippen molar-refractivity contribution in [1.29, 1.82) is 0 Å². The zero-order chi connectivity index (χ0) is 25.2. The summed E-state index contributed by atoms with van der Waals surface area (Å²) in [4.78, 5) is 13.5. The predicted octanol–water partition coefficient (Wildman–Crippen LogP) is 5.35. The van der Waals surface area contributed by atoms with Crippen LogP contribution in [0.5, 0.6) is 5.88 Å². The average Bonchev–Trinajstić information content (AvgIpc) is 3.46. The summed E-state index contributed by atoms with van der Waals surface area (Å²) in [5.41, 5.74) is 2.08. The van der Waals surface area contributed by atoms with Crippen LogP contribution in [0.2, 0.25) is 0 Å². The fraction of sp³-hybridized carbons (Fsp3) is 0.417. The first-order valence-corrected chi connectivity index (χ1v) is 11.3. The SMILES string of the molecule is CC=CC=C(OC(F)(F)F)C(C)C1CCCn2nc(-c3ccc(-n4cnc(C)c4)c(OC)n3)nc21. The van der Waals surface area contributed by atoms with Gasteiger partial charge in [-0.25, -0.2) is 19.6 Å². The van der Waals surface area contributed by atoms with Gasteiger partial charge in [0.2, 0.25) is 5.88 Å². The van der Waals surface area contributed by atoms with Gasteiger partial charge in [-0.1, -0.05) is 19.1 Å². The summed E-state index contributed by atoms with van der Waals surface area (Å²) in [5.74, 6) is 0.385. The van der Waals surface area contributed by atoms with E-state index in [2.05, 4.69) is 19.8 Å². The van der Waals surface area contributed by atoms with Crippen LogP contribution in [0.15, 0.2) is 48.6 Å². The van der Waals surface area contributed by atoms with Crippen LogP contribution in [0.4, 0.5) is 13.2 Å². The molecule has 2 atom stereocenters. The molecule has 0 aromatic carbocycles. The summed E-state index contributed by atoms with van der Waals surface area (Å²) >= 11 is 0. The number of ether oxygens (including phenoxy) is 2. The molecule has 0 fully saturated rings. The van der Waals surface area contributed by atoms with E-state index >= 15 is 0 Å². The molecule has 11 heteroatoms. The van der Waals surface area contributed by atoms with Crippen molar-refractivity contribution in [3.63, 3.8) is 0 Å². The highest BCUT2D eigenvalue weighted by molar-refractivity contribution is 5.55. The van der Waals surface area contributed by atoms with E-state index in [4.69, 9.17) is 9.72 Å². The molecule has 0 bridgehead atoms. The molecule has 4 heterocycles. The summed E-state index contributed by atoms with van der Waals surface area (Å²) in [7, 11) is 1.53. The largest absolute Gasteiger partial charge is 0.572 e. The molecule has 186 valence electrons. The van der Waals surface area contributed by atoms with Crippen molar-refractivity contribution in [2.24, 2.45) is 5.92 Å². The first kappa shape index (κ1) is 24.5. The average molecular weight is 489 g/mol. The molecule has 0 spiro atoms. The van der Waals surface area contributed by atoms with Gasteiger partial charge in [-0.3, -0.25) is 0 Å². The van der Waals surface area contributed by atoms with Crippen molar-refractivity contribution in [3.8, 4) is 23.1 Å². The Labute approximate surface area is 201 Å². The van der Waals surface area contributed by atoms with Gasteiger partial charge in [0.05, 0.1) is 19.1 Å². The van der Waals surface area contributed by atoms with Crippen molar-refractivity contribution >= 4 is 0 Å². The molecule has 0 radical (unpaired) electrons. The molecule has 3 aromatic heterocycles. The summed E-state index contributed by atoms with van der Waals surface area (Å²) in [6, 6.07) is 3.63. The normalized spacial score (nSPS) is 17.5. The first-order valence-electron chi connectivity index (χ1n) is 11.3. The number of rotatable bonds is 7. The lowest BCUT2D eigenvalue weighted by Gasteiger charge is -2.29. The Balaban J connectivity index is 1.67. The lowest BCUT2D eigenvalue weighted by Crippen LogP contribution is -2.26. The number of nitrogens with zero attached hydrogens (tertiary/aromatic N) is 6. The molecular weight excluding hydrogens is 461 g/mol. The van der Waals surface area contributed by atoms with E-state index in [0.717, 1.165) is 17.8 Å². The van der Waals surface area contributed by atoms with Crippen LogP contribution in [0.1, 0.15) is 44.1 Å². The van der Waals surface area contributed by atoms with Crippen LogP contribution in [-0.4, -0.2) is 42.8 Å². The van der Waals surface area contributed by atoms with Gasteiger partial charge in [0, 0.05) is 24.6 Å². The number of hydrogen-bond acceptors (Lipinski definition) is 6. The zero-order valence-electron chi connectivity index (χ0n) is 20.0. The third-order valence-corrected chi connectivity index (χ3v) is 5.91. The molecule has 0 amide bonds. The molecule has 8 nitrogen and oxygen atoms in total. The lowest BCUT2D eigenvalue weighted by molar-refractivity contribution is -0.309. The second-order valence-corrected chi connectivity index (χ2v) is 8.34. The molecule has 0 N–H and O–H groups in total. The standard InChI is InChI=1S/C24H27F3N6O2/c1-5-6-9-20(35-24(25,26)27)16(3)17-8-7-12-33-22(17)30-21(31-33)18-10-11-19(23(29-18)34-4)32-13-15(2)28-14-32/h5-6,9-11,13-14,16-17H,7-8,12H2,1-4H3. The third-order valence-electron chi connectivity index (χ3n) is 5.91. The van der Waals surface area contributed by atoms with Crippen LogP contribution in [0, 0.1) is 12.8 Å². The quantitative estimate of drug-likeness (QED) is 0.329. The number of pyridine rings is 1. The van der Waals surface area contributed by atoms with E-state index in [-0.39, 0.29) is 11.7 Å². The Hall–Kier alpha value is -3.63. The van der Waals surface area contributed by atoms with E-state index in [1.165, 1.54) is 19.3 Å². The van der Waals surface area contributed by atoms with Crippen molar-refractivity contribution in [3.05, 3.63) is 60.2 Å². The van der Waals surface area contributed by atoms with Gasteiger partial charge in [0.25, 0.3) is 0 Å². The Kier molecular flexibility index (Phi) is 6.95. The van der Waals surface area contributed by atoms with Gasteiger partial charge in [-0.15, -0.1) is 18.3 Å². The minimum absolute atomic E-state index is 0.154. The van der Waals surface area contributed by atoms with E-state index in [9.17, 15) is 13.2 Å². The minimum Gasteiger partial charge on any atom is -0.479 e. The second kappa shape index (κ2) is 9.93. The highest BCUT2D eigenvalue weighted by Gasteiger charge is 2.38. The maximum absolute atomic E-state index is 13.1. The van der Waals surface area contributed by atoms with Crippen molar-refractivity contribution in [2.45, 2.75) is 52.4 Å². The van der Waals surface area contributed by atoms with E-state index in [1.54, 1.807) is 37.0 Å². The molecule has 0 saturated carbocycles. The van der Waals surface area contributed by atoms with Gasteiger partial charge >= 0.3 is 6.36 Å². The third kappa shape index (κ3) is 5.39. The van der Waals surface area contributed by atoms with E-state index in [0.29, 0.717) is 36.2 Å². The van der Waals surface area contributed by atoms with Crippen LogP contribution < -0.4 is 4.74 Å². The summed E-state index contributed by atoms with van der Waals surface area (Å²) in [6.45, 7) is 5.97. The molecule has 0 saturated heterocycles. The molecule has 1 aliphatic heterocycles. The van der Waals surface area contributed by atoms with E-state index in [1.807, 2.05) is 23.8 Å². The van der Waals surface area contributed by atoms with Crippen LogP contribution in [0.3, 0.4) is 0 Å². The maximum Gasteiger partial charge on any atom is 0.572 e. The highest BCUT2D eigenvalue weighted by atomic mass is 19.4. The topological polar surface area (TPSA) is 79.9 Å². The number of aryl methyl sites for hydroxylation is 2. The van der Waals surface area contributed by atoms with Crippen LogP contribution in [-0.2, 0) is 11.3 Å².